The molecule has 0 saturated heterocycles. The van der Waals surface area contributed by atoms with Gasteiger partial charge in [-0.25, -0.2) is 4.98 Å². The second-order valence-corrected chi connectivity index (χ2v) is 5.25. The van der Waals surface area contributed by atoms with Crippen LogP contribution in [0.15, 0.2) is 30.9 Å². The quantitative estimate of drug-likeness (QED) is 0.735. The summed E-state index contributed by atoms with van der Waals surface area (Å²) < 4.78 is 7.36. The van der Waals surface area contributed by atoms with Crippen molar-refractivity contribution in [2.75, 3.05) is 13.7 Å². The average molecular weight is 350 g/mol. The topological polar surface area (TPSA) is 39.1 Å². The molecule has 0 bridgehead atoms. The highest BCUT2D eigenvalue weighted by molar-refractivity contribution is 6.35. The van der Waals surface area contributed by atoms with E-state index in [4.69, 9.17) is 27.9 Å². The molecular formula is C14H17Cl3N3O-. The summed E-state index contributed by atoms with van der Waals surface area (Å²) >= 11 is 12.1. The molecule has 1 aromatic heterocycles. The van der Waals surface area contributed by atoms with E-state index in [0.717, 1.165) is 25.1 Å². The molecule has 0 aliphatic rings. The van der Waals surface area contributed by atoms with Gasteiger partial charge in [0, 0.05) is 36.1 Å². The number of rotatable bonds is 7. The third-order valence-corrected chi connectivity index (χ3v) is 3.43. The number of methoxy groups -OCH3 is 1. The van der Waals surface area contributed by atoms with E-state index in [1.165, 1.54) is 0 Å². The van der Waals surface area contributed by atoms with Gasteiger partial charge in [0.15, 0.2) is 0 Å². The van der Waals surface area contributed by atoms with Crippen LogP contribution in [0, 0.1) is 0 Å². The van der Waals surface area contributed by atoms with Gasteiger partial charge in [-0.2, -0.15) is 0 Å². The summed E-state index contributed by atoms with van der Waals surface area (Å²) in [5, 5.41) is 4.52. The van der Waals surface area contributed by atoms with Crippen LogP contribution in [0.4, 0.5) is 0 Å². The Kier molecular flexibility index (Phi) is 7.89. The maximum atomic E-state index is 6.09. The third kappa shape index (κ3) is 5.40. The Hall–Kier alpha value is -0.940. The zero-order valence-corrected chi connectivity index (χ0v) is 13.9. The van der Waals surface area contributed by atoms with E-state index in [9.17, 15) is 0 Å². The molecular weight excluding hydrogens is 333 g/mol. The Labute approximate surface area is 140 Å². The molecule has 2 rings (SSSR count). The minimum atomic E-state index is 0. The first kappa shape index (κ1) is 18.1. The fourth-order valence-corrected chi connectivity index (χ4v) is 2.61. The lowest BCUT2D eigenvalue weighted by Gasteiger charge is -2.12. The number of hydrogen-bond acceptors (Lipinski definition) is 3. The lowest BCUT2D eigenvalue weighted by Crippen LogP contribution is -3.00. The van der Waals surface area contributed by atoms with Gasteiger partial charge in [0.2, 0.25) is 0 Å². The van der Waals surface area contributed by atoms with E-state index in [-0.39, 0.29) is 12.4 Å². The molecule has 7 heteroatoms. The van der Waals surface area contributed by atoms with Crippen molar-refractivity contribution in [3.05, 3.63) is 46.5 Å². The van der Waals surface area contributed by atoms with E-state index in [1.807, 2.05) is 18.6 Å². The molecule has 0 unspecified atom stereocenters. The van der Waals surface area contributed by atoms with Gasteiger partial charge in [-0.05, 0) is 25.1 Å². The minimum absolute atomic E-state index is 0. The van der Waals surface area contributed by atoms with E-state index < -0.39 is 0 Å². The van der Waals surface area contributed by atoms with E-state index >= 15 is 0 Å². The molecule has 0 aliphatic carbocycles. The molecule has 0 saturated carbocycles. The number of aryl methyl sites for hydroxylation is 1. The smallest absolute Gasteiger partial charge is 0.142 e. The van der Waals surface area contributed by atoms with Crippen molar-refractivity contribution in [1.29, 1.82) is 0 Å². The molecule has 0 aliphatic heterocycles. The lowest BCUT2D eigenvalue weighted by molar-refractivity contribution is -0.00000429. The number of imidazole rings is 1. The van der Waals surface area contributed by atoms with Crippen LogP contribution >= 0.6 is 23.2 Å². The lowest BCUT2D eigenvalue weighted by atomic mass is 10.2. The molecule has 4 nitrogen and oxygen atoms in total. The Morgan fingerprint density at radius 3 is 2.81 bits per heavy atom. The van der Waals surface area contributed by atoms with Crippen LogP contribution in [0.5, 0.6) is 5.75 Å². The number of hydrogen-bond donors (Lipinski definition) is 1. The van der Waals surface area contributed by atoms with E-state index in [2.05, 4.69) is 14.9 Å². The number of ether oxygens (including phenoxy) is 1. The third-order valence-electron chi connectivity index (χ3n) is 2.93. The SMILES string of the molecule is COc1c(Cl)cc(Cl)cc1CNCCCn1ccnc1.[Cl-]. The highest BCUT2D eigenvalue weighted by atomic mass is 35.5. The predicted molar refractivity (Wildman–Crippen MR) is 81.6 cm³/mol. The van der Waals surface area contributed by atoms with Gasteiger partial charge in [-0.15, -0.1) is 0 Å². The van der Waals surface area contributed by atoms with Crippen LogP contribution < -0.4 is 22.5 Å². The van der Waals surface area contributed by atoms with Crippen LogP contribution in [-0.4, -0.2) is 23.2 Å². The molecule has 0 fully saturated rings. The molecule has 21 heavy (non-hydrogen) atoms. The highest BCUT2D eigenvalue weighted by Crippen LogP contribution is 2.31. The molecule has 0 amide bonds. The Balaban J connectivity index is 0.00000220. The molecule has 2 aromatic rings. The standard InChI is InChI=1S/C14H17Cl2N3O.ClH/c1-20-14-11(7-12(15)8-13(14)16)9-17-3-2-5-19-6-4-18-10-19;/h4,6-8,10,17H,2-3,5,9H2,1H3;1H/p-1. The second-order valence-electron chi connectivity index (χ2n) is 4.41. The maximum Gasteiger partial charge on any atom is 0.142 e. The van der Waals surface area contributed by atoms with E-state index in [0.29, 0.717) is 22.3 Å². The van der Waals surface area contributed by atoms with Gasteiger partial charge in [-0.3, -0.25) is 0 Å². The molecule has 1 N–H and O–H groups in total. The van der Waals surface area contributed by atoms with Crippen molar-refractivity contribution in [3.63, 3.8) is 0 Å². The maximum absolute atomic E-state index is 6.09. The number of nitrogens with zero attached hydrogens (tertiary/aromatic N) is 2. The summed E-state index contributed by atoms with van der Waals surface area (Å²) in [5.74, 6) is 0.679. The van der Waals surface area contributed by atoms with Crippen molar-refractivity contribution in [3.8, 4) is 5.75 Å². The van der Waals surface area contributed by atoms with Crippen molar-refractivity contribution in [2.24, 2.45) is 0 Å². The van der Waals surface area contributed by atoms with Crippen LogP contribution in [0.3, 0.4) is 0 Å². The zero-order chi connectivity index (χ0) is 14.4. The summed E-state index contributed by atoms with van der Waals surface area (Å²) in [7, 11) is 1.61. The number of halogens is 3. The largest absolute Gasteiger partial charge is 1.00 e. The van der Waals surface area contributed by atoms with Gasteiger partial charge < -0.3 is 27.0 Å². The van der Waals surface area contributed by atoms with Crippen molar-refractivity contribution < 1.29 is 17.1 Å². The minimum Gasteiger partial charge on any atom is -1.00 e. The van der Waals surface area contributed by atoms with Gasteiger partial charge >= 0.3 is 0 Å². The highest BCUT2D eigenvalue weighted by Gasteiger charge is 2.09. The zero-order valence-electron chi connectivity index (χ0n) is 11.7. The van der Waals surface area contributed by atoms with E-state index in [1.54, 1.807) is 19.4 Å². The summed E-state index contributed by atoms with van der Waals surface area (Å²) in [6.07, 6.45) is 6.58. The molecule has 0 atom stereocenters. The van der Waals surface area contributed by atoms with Crippen LogP contribution in [-0.2, 0) is 13.1 Å². The molecule has 0 spiro atoms. The second kappa shape index (κ2) is 9.15. The summed E-state index contributed by atoms with van der Waals surface area (Å²) in [5.41, 5.74) is 0.965. The fraction of sp³-hybridized carbons (Fsp3) is 0.357. The monoisotopic (exact) mass is 348 g/mol. The van der Waals surface area contributed by atoms with Gasteiger partial charge in [0.1, 0.15) is 5.75 Å². The average Bonchev–Trinajstić information content (AvgIpc) is 2.91. The Morgan fingerprint density at radius 1 is 1.33 bits per heavy atom. The van der Waals surface area contributed by atoms with Crippen LogP contribution in [0.25, 0.3) is 0 Å². The predicted octanol–water partition coefficient (Wildman–Crippen LogP) is 0.382. The fourth-order valence-electron chi connectivity index (χ4n) is 2.00. The Morgan fingerprint density at radius 2 is 2.14 bits per heavy atom. The van der Waals surface area contributed by atoms with Crippen molar-refractivity contribution in [1.82, 2.24) is 14.9 Å². The first-order chi connectivity index (χ1) is 9.70. The van der Waals surface area contributed by atoms with Crippen LogP contribution in [0.2, 0.25) is 10.0 Å². The first-order valence-electron chi connectivity index (χ1n) is 6.39. The summed E-state index contributed by atoms with van der Waals surface area (Å²) in [6.45, 7) is 2.51. The molecule has 116 valence electrons. The normalized spacial score (nSPS) is 10.2. The molecule has 0 radical (unpaired) electrons. The number of aromatic nitrogens is 2. The molecule has 1 heterocycles. The van der Waals surface area contributed by atoms with Gasteiger partial charge in [0.25, 0.3) is 0 Å². The Bertz CT molecular complexity index is 547. The number of benzene rings is 1. The van der Waals surface area contributed by atoms with Crippen LogP contribution in [0.1, 0.15) is 12.0 Å². The summed E-state index contributed by atoms with van der Waals surface area (Å²) in [6, 6.07) is 3.56. The van der Waals surface area contributed by atoms with Crippen molar-refractivity contribution in [2.45, 2.75) is 19.5 Å². The molecule has 1 aromatic carbocycles. The van der Waals surface area contributed by atoms with Gasteiger partial charge in [-0.1, -0.05) is 23.2 Å². The number of nitrogens with one attached hydrogen (secondary N) is 1. The first-order valence-corrected chi connectivity index (χ1v) is 7.14. The van der Waals surface area contributed by atoms with Crippen molar-refractivity contribution >= 4 is 23.2 Å². The summed E-state index contributed by atoms with van der Waals surface area (Å²) in [4.78, 5) is 4.01. The van der Waals surface area contributed by atoms with Gasteiger partial charge in [0.05, 0.1) is 18.5 Å².